The van der Waals surface area contributed by atoms with E-state index in [0.29, 0.717) is 17.8 Å². The van der Waals surface area contributed by atoms with Gasteiger partial charge in [-0.2, -0.15) is 5.10 Å². The summed E-state index contributed by atoms with van der Waals surface area (Å²) in [6.45, 7) is 5.61. The van der Waals surface area contributed by atoms with Crippen LogP contribution in [0.3, 0.4) is 0 Å². The largest absolute Gasteiger partial charge is 0.396 e. The summed E-state index contributed by atoms with van der Waals surface area (Å²) < 4.78 is 15.1. The SMILES string of the molecule is Cc1ccc(-c2cc(-c3c(F)cccc3C(=O)N[C@H](Cc3ccccn3)C(C)(C)CO)[nH]n2)cc1. The Kier molecular flexibility index (Phi) is 7.07. The van der Waals surface area contributed by atoms with Crippen molar-refractivity contribution in [1.82, 2.24) is 20.5 Å². The molecular formula is C28H29FN4O2. The first kappa shape index (κ1) is 24.3. The Morgan fingerprint density at radius 1 is 1.11 bits per heavy atom. The number of aromatic nitrogens is 3. The second-order valence-corrected chi connectivity index (χ2v) is 9.39. The van der Waals surface area contributed by atoms with E-state index < -0.39 is 23.2 Å². The third-order valence-electron chi connectivity index (χ3n) is 6.25. The van der Waals surface area contributed by atoms with Crippen molar-refractivity contribution in [3.05, 3.63) is 95.6 Å². The van der Waals surface area contributed by atoms with Gasteiger partial charge in [-0.05, 0) is 37.3 Å². The van der Waals surface area contributed by atoms with Gasteiger partial charge >= 0.3 is 0 Å². The number of nitrogens with zero attached hydrogens (tertiary/aromatic N) is 2. The smallest absolute Gasteiger partial charge is 0.252 e. The van der Waals surface area contributed by atoms with E-state index in [0.717, 1.165) is 16.8 Å². The van der Waals surface area contributed by atoms with E-state index in [2.05, 4.69) is 20.5 Å². The zero-order valence-electron chi connectivity index (χ0n) is 20.0. The predicted octanol–water partition coefficient (Wildman–Crippen LogP) is 4.95. The van der Waals surface area contributed by atoms with Crippen LogP contribution in [0.1, 0.15) is 35.5 Å². The molecule has 0 fully saturated rings. The normalized spacial score (nSPS) is 12.4. The summed E-state index contributed by atoms with van der Waals surface area (Å²) in [6.07, 6.45) is 2.11. The van der Waals surface area contributed by atoms with Crippen molar-refractivity contribution >= 4 is 5.91 Å². The Bertz CT molecular complexity index is 1300. The standard InChI is InChI=1S/C28H29FN4O2/c1-18-10-12-19(13-11-18)23-16-24(33-32-23)26-21(8-6-9-22(26)29)27(35)31-25(28(2,3)17-34)15-20-7-4-5-14-30-20/h4-14,16,25,34H,15,17H2,1-3H3,(H,31,35)(H,32,33)/t25-/m1/s1. The number of aromatic amines is 1. The first-order valence-corrected chi connectivity index (χ1v) is 11.5. The number of aliphatic hydroxyl groups is 1. The first-order chi connectivity index (χ1) is 16.8. The summed E-state index contributed by atoms with van der Waals surface area (Å²) in [4.78, 5) is 17.8. The van der Waals surface area contributed by atoms with Crippen LogP contribution in [-0.4, -0.2) is 38.8 Å². The molecule has 7 heteroatoms. The fraction of sp³-hybridized carbons (Fsp3) is 0.250. The lowest BCUT2D eigenvalue weighted by Crippen LogP contribution is -2.48. The minimum absolute atomic E-state index is 0.138. The zero-order valence-corrected chi connectivity index (χ0v) is 20.0. The molecule has 2 aromatic heterocycles. The Morgan fingerprint density at radius 2 is 1.89 bits per heavy atom. The quantitative estimate of drug-likeness (QED) is 0.339. The van der Waals surface area contributed by atoms with Gasteiger partial charge in [-0.1, -0.05) is 55.8 Å². The maximum Gasteiger partial charge on any atom is 0.252 e. The molecule has 6 nitrogen and oxygen atoms in total. The van der Waals surface area contributed by atoms with E-state index in [1.54, 1.807) is 18.3 Å². The fourth-order valence-corrected chi connectivity index (χ4v) is 3.91. The van der Waals surface area contributed by atoms with Gasteiger partial charge in [0.25, 0.3) is 5.91 Å². The van der Waals surface area contributed by atoms with Gasteiger partial charge in [0.05, 0.1) is 23.6 Å². The topological polar surface area (TPSA) is 90.9 Å². The summed E-state index contributed by atoms with van der Waals surface area (Å²) in [7, 11) is 0. The second kappa shape index (κ2) is 10.2. The lowest BCUT2D eigenvalue weighted by molar-refractivity contribution is 0.0808. The van der Waals surface area contributed by atoms with Crippen LogP contribution in [0.2, 0.25) is 0 Å². The number of nitrogens with one attached hydrogen (secondary N) is 2. The van der Waals surface area contributed by atoms with Crippen LogP contribution >= 0.6 is 0 Å². The molecule has 1 atom stereocenters. The van der Waals surface area contributed by atoms with Crippen LogP contribution in [-0.2, 0) is 6.42 Å². The summed E-state index contributed by atoms with van der Waals surface area (Å²) in [5.74, 6) is -0.965. The molecule has 0 unspecified atom stereocenters. The molecule has 0 aliphatic heterocycles. The van der Waals surface area contributed by atoms with Crippen LogP contribution in [0.4, 0.5) is 4.39 Å². The number of H-pyrrole nitrogens is 1. The number of aryl methyl sites for hydroxylation is 1. The number of hydrogen-bond acceptors (Lipinski definition) is 4. The highest BCUT2D eigenvalue weighted by atomic mass is 19.1. The van der Waals surface area contributed by atoms with Crippen LogP contribution in [0, 0.1) is 18.2 Å². The maximum absolute atomic E-state index is 15.1. The number of amides is 1. The van der Waals surface area contributed by atoms with E-state index in [9.17, 15) is 9.90 Å². The highest BCUT2D eigenvalue weighted by Crippen LogP contribution is 2.30. The molecule has 1 amide bonds. The number of carbonyl (C=O) groups is 1. The van der Waals surface area contributed by atoms with Crippen LogP contribution in [0.5, 0.6) is 0 Å². The molecule has 4 aromatic rings. The minimum atomic E-state index is -0.632. The number of rotatable bonds is 8. The summed E-state index contributed by atoms with van der Waals surface area (Å²) in [5.41, 5.74) is 3.57. The monoisotopic (exact) mass is 472 g/mol. The van der Waals surface area contributed by atoms with Crippen molar-refractivity contribution in [2.24, 2.45) is 5.41 Å². The summed E-state index contributed by atoms with van der Waals surface area (Å²) in [5, 5.41) is 20.2. The fourth-order valence-electron chi connectivity index (χ4n) is 3.91. The molecule has 35 heavy (non-hydrogen) atoms. The summed E-state index contributed by atoms with van der Waals surface area (Å²) in [6, 6.07) is 19.2. The summed E-state index contributed by atoms with van der Waals surface area (Å²) >= 11 is 0. The predicted molar refractivity (Wildman–Crippen MR) is 134 cm³/mol. The van der Waals surface area contributed by atoms with E-state index in [1.807, 2.05) is 63.2 Å². The minimum Gasteiger partial charge on any atom is -0.396 e. The molecule has 180 valence electrons. The third kappa shape index (κ3) is 5.46. The average molecular weight is 473 g/mol. The molecule has 0 saturated carbocycles. The molecule has 0 bridgehead atoms. The van der Waals surface area contributed by atoms with Crippen molar-refractivity contribution in [3.63, 3.8) is 0 Å². The van der Waals surface area contributed by atoms with E-state index >= 15 is 4.39 Å². The zero-order chi connectivity index (χ0) is 25.0. The van der Waals surface area contributed by atoms with Gasteiger partial charge in [0, 0.05) is 40.9 Å². The van der Waals surface area contributed by atoms with E-state index in [1.165, 1.54) is 12.1 Å². The average Bonchev–Trinajstić information content (AvgIpc) is 3.34. The molecule has 4 rings (SSSR count). The van der Waals surface area contributed by atoms with Crippen molar-refractivity contribution in [2.45, 2.75) is 33.2 Å². The van der Waals surface area contributed by atoms with Gasteiger partial charge in [-0.15, -0.1) is 0 Å². The van der Waals surface area contributed by atoms with Crippen molar-refractivity contribution in [2.75, 3.05) is 6.61 Å². The lowest BCUT2D eigenvalue weighted by Gasteiger charge is -2.33. The Balaban J connectivity index is 1.66. The highest BCUT2D eigenvalue weighted by Gasteiger charge is 2.32. The lowest BCUT2D eigenvalue weighted by atomic mass is 9.82. The van der Waals surface area contributed by atoms with Crippen LogP contribution in [0.15, 0.2) is 72.9 Å². The van der Waals surface area contributed by atoms with Gasteiger partial charge in [0.15, 0.2) is 0 Å². The van der Waals surface area contributed by atoms with Crippen LogP contribution < -0.4 is 5.32 Å². The van der Waals surface area contributed by atoms with Gasteiger partial charge < -0.3 is 10.4 Å². The Morgan fingerprint density at radius 3 is 2.57 bits per heavy atom. The maximum atomic E-state index is 15.1. The van der Waals surface area contributed by atoms with E-state index in [-0.39, 0.29) is 17.7 Å². The van der Waals surface area contributed by atoms with Crippen molar-refractivity contribution in [1.29, 1.82) is 0 Å². The number of aliphatic hydroxyl groups excluding tert-OH is 1. The first-order valence-electron chi connectivity index (χ1n) is 11.5. The molecule has 0 aliphatic carbocycles. The number of hydrogen-bond donors (Lipinski definition) is 3. The molecule has 2 heterocycles. The van der Waals surface area contributed by atoms with Gasteiger partial charge in [-0.3, -0.25) is 14.9 Å². The number of halogens is 1. The highest BCUT2D eigenvalue weighted by molar-refractivity contribution is 6.01. The molecule has 0 radical (unpaired) electrons. The molecule has 3 N–H and O–H groups in total. The Labute approximate surface area is 204 Å². The molecule has 2 aromatic carbocycles. The molecule has 0 spiro atoms. The number of pyridine rings is 1. The molecular weight excluding hydrogens is 443 g/mol. The van der Waals surface area contributed by atoms with Crippen molar-refractivity contribution in [3.8, 4) is 22.5 Å². The van der Waals surface area contributed by atoms with Crippen LogP contribution in [0.25, 0.3) is 22.5 Å². The van der Waals surface area contributed by atoms with Crippen molar-refractivity contribution < 1.29 is 14.3 Å². The van der Waals surface area contributed by atoms with Gasteiger partial charge in [0.1, 0.15) is 5.82 Å². The molecule has 0 saturated heterocycles. The number of carbonyl (C=O) groups excluding carboxylic acids is 1. The third-order valence-corrected chi connectivity index (χ3v) is 6.25. The molecule has 0 aliphatic rings. The van der Waals surface area contributed by atoms with Gasteiger partial charge in [0.2, 0.25) is 0 Å². The second-order valence-electron chi connectivity index (χ2n) is 9.39. The number of benzene rings is 2. The Hall–Kier alpha value is -3.84. The van der Waals surface area contributed by atoms with Gasteiger partial charge in [-0.25, -0.2) is 4.39 Å². The van der Waals surface area contributed by atoms with E-state index in [4.69, 9.17) is 0 Å².